The van der Waals surface area contributed by atoms with Gasteiger partial charge in [-0.3, -0.25) is 0 Å². The van der Waals surface area contributed by atoms with Crippen LogP contribution >= 0.6 is 7.60 Å². The van der Waals surface area contributed by atoms with E-state index in [2.05, 4.69) is 9.05 Å². The fourth-order valence-corrected chi connectivity index (χ4v) is 0.876. The fraction of sp³-hybridized carbons (Fsp3) is 0.200. The molecular formula is C5H7F2O3P. The molecular weight excluding hydrogens is 177 g/mol. The normalized spacial score (nSPS) is 17.0. The Bertz CT molecular complexity index is 184. The van der Waals surface area contributed by atoms with Crippen LogP contribution in [-0.4, -0.2) is 6.66 Å². The predicted octanol–water partition coefficient (Wildman–Crippen LogP) is 2.72. The van der Waals surface area contributed by atoms with E-state index in [-0.39, 0.29) is 12.7 Å². The first kappa shape index (κ1) is 10.2. The van der Waals surface area contributed by atoms with Crippen molar-refractivity contribution in [2.75, 3.05) is 6.66 Å². The zero-order valence-corrected chi connectivity index (χ0v) is 6.63. The van der Waals surface area contributed by atoms with Gasteiger partial charge in [0.15, 0.2) is 0 Å². The van der Waals surface area contributed by atoms with Gasteiger partial charge >= 0.3 is 7.60 Å². The van der Waals surface area contributed by atoms with Gasteiger partial charge < -0.3 is 9.05 Å². The summed E-state index contributed by atoms with van der Waals surface area (Å²) in [5, 5.41) is 0. The monoisotopic (exact) mass is 184 g/mol. The summed E-state index contributed by atoms with van der Waals surface area (Å²) in [7, 11) is -3.38. The summed E-state index contributed by atoms with van der Waals surface area (Å²) in [6.07, 6.45) is 1.23. The average Bonchev–Trinajstić information content (AvgIpc) is 1.97. The Kier molecular flexibility index (Phi) is 4.54. The highest BCUT2D eigenvalue weighted by Gasteiger charge is 2.14. The minimum atomic E-state index is -3.38. The molecule has 0 N–H and O–H groups in total. The molecule has 0 heterocycles. The lowest BCUT2D eigenvalue weighted by molar-refractivity contribution is 0.327. The zero-order valence-electron chi connectivity index (χ0n) is 5.74. The molecule has 0 radical (unpaired) electrons. The molecule has 0 saturated heterocycles. The Morgan fingerprint density at radius 3 is 1.82 bits per heavy atom. The van der Waals surface area contributed by atoms with Crippen LogP contribution in [0, 0.1) is 0 Å². The Morgan fingerprint density at radius 2 is 1.55 bits per heavy atom. The maximum atomic E-state index is 11.3. The van der Waals surface area contributed by atoms with Crippen LogP contribution in [0.25, 0.3) is 0 Å². The third-order valence-corrected chi connectivity index (χ3v) is 1.62. The third kappa shape index (κ3) is 5.61. The van der Waals surface area contributed by atoms with Crippen molar-refractivity contribution in [2.24, 2.45) is 0 Å². The highest BCUT2D eigenvalue weighted by Crippen LogP contribution is 2.44. The Morgan fingerprint density at radius 1 is 1.18 bits per heavy atom. The second-order valence-electron chi connectivity index (χ2n) is 1.51. The van der Waals surface area contributed by atoms with Crippen LogP contribution in [0.1, 0.15) is 0 Å². The predicted molar refractivity (Wildman–Crippen MR) is 36.2 cm³/mol. The Hall–Kier alpha value is -0.830. The summed E-state index contributed by atoms with van der Waals surface area (Å²) in [4.78, 5) is 0. The van der Waals surface area contributed by atoms with Crippen molar-refractivity contribution in [3.8, 4) is 0 Å². The van der Waals surface area contributed by atoms with Gasteiger partial charge in [-0.2, -0.15) is 0 Å². The molecule has 0 aliphatic carbocycles. The van der Waals surface area contributed by atoms with Gasteiger partial charge in [0, 0.05) is 0 Å². The zero-order chi connectivity index (χ0) is 8.74. The first-order valence-electron chi connectivity index (χ1n) is 2.57. The highest BCUT2D eigenvalue weighted by molar-refractivity contribution is 7.53. The van der Waals surface area contributed by atoms with Crippen LogP contribution in [0.5, 0.6) is 0 Å². The van der Waals surface area contributed by atoms with Crippen molar-refractivity contribution < 1.29 is 22.4 Å². The molecule has 11 heavy (non-hydrogen) atoms. The van der Waals surface area contributed by atoms with Crippen molar-refractivity contribution >= 4 is 7.60 Å². The Balaban J connectivity index is 3.90. The van der Waals surface area contributed by atoms with Gasteiger partial charge in [0.05, 0.1) is 6.66 Å². The molecule has 0 amide bonds. The summed E-state index contributed by atoms with van der Waals surface area (Å²) in [6, 6.07) is 0. The molecule has 0 aromatic heterocycles. The molecule has 6 heteroatoms. The highest BCUT2D eigenvalue weighted by atomic mass is 31.2. The molecule has 64 valence electrons. The van der Waals surface area contributed by atoms with Crippen LogP contribution in [0.3, 0.4) is 0 Å². The summed E-state index contributed by atoms with van der Waals surface area (Å²) in [5.41, 5.74) is 0. The van der Waals surface area contributed by atoms with E-state index in [9.17, 15) is 13.3 Å². The van der Waals surface area contributed by atoms with Crippen LogP contribution in [0.2, 0.25) is 0 Å². The largest absolute Gasteiger partial charge is 0.426 e. The number of rotatable bonds is 4. The molecule has 0 rings (SSSR count). The molecule has 0 fully saturated rings. The SMILES string of the molecule is CP(=O)(OC=CF)OC=CF. The van der Waals surface area contributed by atoms with Crippen LogP contribution < -0.4 is 0 Å². The summed E-state index contributed by atoms with van der Waals surface area (Å²) < 4.78 is 41.9. The van der Waals surface area contributed by atoms with Gasteiger partial charge in [-0.1, -0.05) is 0 Å². The summed E-state index contributed by atoms with van der Waals surface area (Å²) >= 11 is 0. The van der Waals surface area contributed by atoms with Crippen molar-refractivity contribution in [1.29, 1.82) is 0 Å². The average molecular weight is 184 g/mol. The van der Waals surface area contributed by atoms with E-state index in [1.165, 1.54) is 0 Å². The molecule has 3 nitrogen and oxygen atoms in total. The molecule has 0 aliphatic heterocycles. The van der Waals surface area contributed by atoms with E-state index < -0.39 is 7.60 Å². The fourth-order valence-electron chi connectivity index (χ4n) is 0.292. The van der Waals surface area contributed by atoms with E-state index in [0.29, 0.717) is 12.5 Å². The molecule has 0 atom stereocenters. The van der Waals surface area contributed by atoms with E-state index in [1.54, 1.807) is 0 Å². The second-order valence-corrected chi connectivity index (χ2v) is 3.47. The van der Waals surface area contributed by atoms with Crippen molar-refractivity contribution in [3.63, 3.8) is 0 Å². The van der Waals surface area contributed by atoms with E-state index in [0.717, 1.165) is 6.66 Å². The topological polar surface area (TPSA) is 35.5 Å². The molecule has 0 unspecified atom stereocenters. The van der Waals surface area contributed by atoms with Crippen molar-refractivity contribution in [3.05, 3.63) is 25.2 Å². The van der Waals surface area contributed by atoms with E-state index in [1.807, 2.05) is 0 Å². The maximum absolute atomic E-state index is 11.3. The standard InChI is InChI=1S/C5H7F2O3P/c1-11(8,9-4-2-6)10-5-3-7/h2-5H,1H3. The van der Waals surface area contributed by atoms with Gasteiger partial charge in [-0.25, -0.2) is 13.3 Å². The van der Waals surface area contributed by atoms with Gasteiger partial charge in [0.25, 0.3) is 0 Å². The molecule has 0 bridgehead atoms. The van der Waals surface area contributed by atoms with Crippen LogP contribution in [0.4, 0.5) is 8.78 Å². The quantitative estimate of drug-likeness (QED) is 0.497. The molecule has 0 aromatic rings. The number of halogens is 2. The van der Waals surface area contributed by atoms with Gasteiger partial charge in [0.1, 0.15) is 25.2 Å². The lowest BCUT2D eigenvalue weighted by atomic mass is 11.1. The van der Waals surface area contributed by atoms with Crippen LogP contribution in [0.15, 0.2) is 25.2 Å². The lowest BCUT2D eigenvalue weighted by Gasteiger charge is -2.08. The van der Waals surface area contributed by atoms with Gasteiger partial charge in [-0.05, 0) is 0 Å². The smallest absolute Gasteiger partial charge is 0.422 e. The molecule has 0 spiro atoms. The van der Waals surface area contributed by atoms with Crippen molar-refractivity contribution in [1.82, 2.24) is 0 Å². The number of hydrogen-bond acceptors (Lipinski definition) is 3. The third-order valence-electron chi connectivity index (χ3n) is 0.608. The van der Waals surface area contributed by atoms with E-state index in [4.69, 9.17) is 0 Å². The van der Waals surface area contributed by atoms with Crippen molar-refractivity contribution in [2.45, 2.75) is 0 Å². The Labute approximate surface area is 62.8 Å². The second kappa shape index (κ2) is 4.91. The van der Waals surface area contributed by atoms with Gasteiger partial charge in [-0.15, -0.1) is 0 Å². The minimum Gasteiger partial charge on any atom is -0.422 e. The van der Waals surface area contributed by atoms with E-state index >= 15 is 0 Å². The first-order chi connectivity index (χ1) is 5.12. The lowest BCUT2D eigenvalue weighted by Crippen LogP contribution is -1.81. The van der Waals surface area contributed by atoms with Gasteiger partial charge in [0.2, 0.25) is 0 Å². The summed E-state index contributed by atoms with van der Waals surface area (Å²) in [5.74, 6) is 0. The molecule has 0 aliphatic rings. The number of hydrogen-bond donors (Lipinski definition) is 0. The first-order valence-corrected chi connectivity index (χ1v) is 4.56. The molecule has 0 saturated carbocycles. The minimum absolute atomic E-state index is 0.0542. The summed E-state index contributed by atoms with van der Waals surface area (Å²) in [6.45, 7) is 1.08. The maximum Gasteiger partial charge on any atom is 0.426 e. The van der Waals surface area contributed by atoms with Crippen LogP contribution in [-0.2, 0) is 13.6 Å². The molecule has 0 aromatic carbocycles.